The lowest BCUT2D eigenvalue weighted by Crippen LogP contribution is -1.79. The molecule has 0 bridgehead atoms. The molecule has 0 aliphatic carbocycles. The zero-order chi connectivity index (χ0) is 13.0. The van der Waals surface area contributed by atoms with Gasteiger partial charge in [-0.3, -0.25) is 4.79 Å². The van der Waals surface area contributed by atoms with Crippen molar-refractivity contribution in [3.05, 3.63) is 53.8 Å². The van der Waals surface area contributed by atoms with Gasteiger partial charge in [0.15, 0.2) is 6.29 Å². The van der Waals surface area contributed by atoms with Gasteiger partial charge in [-0.1, -0.05) is 0 Å². The minimum Gasteiger partial charge on any atom is -0.507 e. The van der Waals surface area contributed by atoms with Crippen LogP contribution in [0.25, 0.3) is 0 Å². The Hall–Kier alpha value is -2.56. The van der Waals surface area contributed by atoms with Crippen molar-refractivity contribution in [2.45, 2.75) is 0 Å². The summed E-state index contributed by atoms with van der Waals surface area (Å²) in [6, 6.07) is 9.83. The number of carbonyl (C=O) groups is 1. The van der Waals surface area contributed by atoms with Crippen molar-refractivity contribution in [3.8, 4) is 5.75 Å². The number of benzene rings is 2. The van der Waals surface area contributed by atoms with Gasteiger partial charge in [0.1, 0.15) is 11.6 Å². The molecule has 0 aliphatic rings. The lowest BCUT2D eigenvalue weighted by atomic mass is 10.2. The standard InChI is InChI=1S/C13H9FN2O2/c14-10-1-3-11(4-2-10)15-16-12-5-6-13(18)9(7-12)8-17/h1-8,18H. The average molecular weight is 244 g/mol. The van der Waals surface area contributed by atoms with Gasteiger partial charge >= 0.3 is 0 Å². The molecule has 0 aliphatic heterocycles. The van der Waals surface area contributed by atoms with E-state index >= 15 is 0 Å². The number of carbonyl (C=O) groups excluding carboxylic acids is 1. The molecular formula is C13H9FN2O2. The quantitative estimate of drug-likeness (QED) is 0.660. The second-order valence-corrected chi connectivity index (χ2v) is 3.54. The Balaban J connectivity index is 2.23. The molecule has 0 heterocycles. The Kier molecular flexibility index (Phi) is 3.43. The summed E-state index contributed by atoms with van der Waals surface area (Å²) in [5, 5.41) is 17.1. The lowest BCUT2D eigenvalue weighted by molar-refractivity contribution is 0.112. The summed E-state index contributed by atoms with van der Waals surface area (Å²) in [5.41, 5.74) is 1.07. The van der Waals surface area contributed by atoms with Crippen LogP contribution in [-0.4, -0.2) is 11.4 Å². The van der Waals surface area contributed by atoms with E-state index in [1.54, 1.807) is 0 Å². The number of phenolic OH excluding ortho intramolecular Hbond substituents is 1. The summed E-state index contributed by atoms with van der Waals surface area (Å²) >= 11 is 0. The fourth-order valence-corrected chi connectivity index (χ4v) is 1.32. The van der Waals surface area contributed by atoms with E-state index in [9.17, 15) is 14.3 Å². The van der Waals surface area contributed by atoms with E-state index in [-0.39, 0.29) is 17.1 Å². The molecule has 1 N–H and O–H groups in total. The van der Waals surface area contributed by atoms with Crippen molar-refractivity contribution in [3.63, 3.8) is 0 Å². The molecule has 0 radical (unpaired) electrons. The Bertz CT molecular complexity index is 594. The number of aromatic hydroxyl groups is 1. The number of aldehydes is 1. The average Bonchev–Trinajstić information content (AvgIpc) is 2.39. The number of azo groups is 1. The number of halogens is 1. The highest BCUT2D eigenvalue weighted by Gasteiger charge is 2.00. The minimum atomic E-state index is -0.346. The largest absolute Gasteiger partial charge is 0.507 e. The van der Waals surface area contributed by atoms with Crippen LogP contribution >= 0.6 is 0 Å². The lowest BCUT2D eigenvalue weighted by Gasteiger charge is -1.97. The first-order valence-corrected chi connectivity index (χ1v) is 5.14. The number of nitrogens with zero attached hydrogens (tertiary/aromatic N) is 2. The predicted octanol–water partition coefficient (Wildman–Crippen LogP) is 3.76. The van der Waals surface area contributed by atoms with Gasteiger partial charge in [-0.25, -0.2) is 4.39 Å². The fourth-order valence-electron chi connectivity index (χ4n) is 1.32. The summed E-state index contributed by atoms with van der Waals surface area (Å²) in [6.45, 7) is 0. The first-order valence-electron chi connectivity index (χ1n) is 5.14. The van der Waals surface area contributed by atoms with E-state index in [1.807, 2.05) is 0 Å². The van der Waals surface area contributed by atoms with Crippen molar-refractivity contribution < 1.29 is 14.3 Å². The van der Waals surface area contributed by atoms with Crippen LogP contribution in [0, 0.1) is 5.82 Å². The molecule has 0 spiro atoms. The van der Waals surface area contributed by atoms with Gasteiger partial charge in [-0.05, 0) is 42.5 Å². The van der Waals surface area contributed by atoms with Gasteiger partial charge < -0.3 is 5.11 Å². The van der Waals surface area contributed by atoms with Gasteiger partial charge in [-0.2, -0.15) is 10.2 Å². The zero-order valence-electron chi connectivity index (χ0n) is 9.25. The van der Waals surface area contributed by atoms with Crippen LogP contribution in [0.2, 0.25) is 0 Å². The second kappa shape index (κ2) is 5.18. The number of phenols is 1. The fraction of sp³-hybridized carbons (Fsp3) is 0. The third-order valence-corrected chi connectivity index (χ3v) is 2.25. The van der Waals surface area contributed by atoms with Crippen LogP contribution in [0.4, 0.5) is 15.8 Å². The molecule has 0 atom stereocenters. The normalized spacial score (nSPS) is 10.7. The zero-order valence-corrected chi connectivity index (χ0v) is 9.25. The molecule has 0 unspecified atom stereocenters. The maximum absolute atomic E-state index is 12.7. The SMILES string of the molecule is O=Cc1cc(N=Nc2ccc(F)cc2)ccc1O. The molecule has 90 valence electrons. The highest BCUT2D eigenvalue weighted by atomic mass is 19.1. The van der Waals surface area contributed by atoms with Gasteiger partial charge in [0.2, 0.25) is 0 Å². The molecule has 0 saturated carbocycles. The molecular weight excluding hydrogens is 235 g/mol. The Morgan fingerprint density at radius 3 is 2.28 bits per heavy atom. The summed E-state index contributed by atoms with van der Waals surface area (Å²) in [4.78, 5) is 10.6. The van der Waals surface area contributed by atoms with Crippen molar-refractivity contribution >= 4 is 17.7 Å². The molecule has 0 amide bonds. The van der Waals surface area contributed by atoms with Gasteiger partial charge in [0.25, 0.3) is 0 Å². The highest BCUT2D eigenvalue weighted by molar-refractivity contribution is 5.80. The number of rotatable bonds is 3. The van der Waals surface area contributed by atoms with E-state index in [4.69, 9.17) is 0 Å². The second-order valence-electron chi connectivity index (χ2n) is 3.54. The van der Waals surface area contributed by atoms with Crippen LogP contribution in [0.5, 0.6) is 5.75 Å². The Morgan fingerprint density at radius 2 is 1.61 bits per heavy atom. The molecule has 2 rings (SSSR count). The molecule has 4 nitrogen and oxygen atoms in total. The molecule has 2 aromatic carbocycles. The topological polar surface area (TPSA) is 62.0 Å². The van der Waals surface area contributed by atoms with Crippen molar-refractivity contribution in [1.82, 2.24) is 0 Å². The third-order valence-electron chi connectivity index (χ3n) is 2.25. The van der Waals surface area contributed by atoms with E-state index in [0.29, 0.717) is 17.7 Å². The summed E-state index contributed by atoms with van der Waals surface area (Å²) in [5.74, 6) is -0.451. The first kappa shape index (κ1) is 11.9. The van der Waals surface area contributed by atoms with E-state index in [0.717, 1.165) is 0 Å². The van der Waals surface area contributed by atoms with Crippen LogP contribution < -0.4 is 0 Å². The molecule has 18 heavy (non-hydrogen) atoms. The van der Waals surface area contributed by atoms with Gasteiger partial charge in [0, 0.05) is 0 Å². The molecule has 0 fully saturated rings. The van der Waals surface area contributed by atoms with Crippen LogP contribution in [0.15, 0.2) is 52.7 Å². The minimum absolute atomic E-state index is 0.106. The first-order chi connectivity index (χ1) is 8.69. The van der Waals surface area contributed by atoms with Crippen molar-refractivity contribution in [2.75, 3.05) is 0 Å². The van der Waals surface area contributed by atoms with E-state index in [1.165, 1.54) is 42.5 Å². The third kappa shape index (κ3) is 2.76. The van der Waals surface area contributed by atoms with Crippen LogP contribution in [-0.2, 0) is 0 Å². The summed E-state index contributed by atoms with van der Waals surface area (Å²) in [7, 11) is 0. The molecule has 2 aromatic rings. The molecule has 0 saturated heterocycles. The number of hydrogen-bond acceptors (Lipinski definition) is 4. The maximum Gasteiger partial charge on any atom is 0.153 e. The van der Waals surface area contributed by atoms with Crippen LogP contribution in [0.1, 0.15) is 10.4 Å². The monoisotopic (exact) mass is 244 g/mol. The van der Waals surface area contributed by atoms with Crippen LogP contribution in [0.3, 0.4) is 0 Å². The smallest absolute Gasteiger partial charge is 0.153 e. The van der Waals surface area contributed by atoms with E-state index < -0.39 is 0 Å². The van der Waals surface area contributed by atoms with E-state index in [2.05, 4.69) is 10.2 Å². The van der Waals surface area contributed by atoms with Gasteiger partial charge in [-0.15, -0.1) is 0 Å². The molecule has 0 aromatic heterocycles. The Labute approximate surface area is 102 Å². The number of hydrogen-bond donors (Lipinski definition) is 1. The summed E-state index contributed by atoms with van der Waals surface area (Å²) < 4.78 is 12.7. The maximum atomic E-state index is 12.7. The van der Waals surface area contributed by atoms with Crippen molar-refractivity contribution in [2.24, 2.45) is 10.2 Å². The van der Waals surface area contributed by atoms with Gasteiger partial charge in [0.05, 0.1) is 16.9 Å². The van der Waals surface area contributed by atoms with Crippen molar-refractivity contribution in [1.29, 1.82) is 0 Å². The molecule has 5 heteroatoms. The Morgan fingerprint density at radius 1 is 1.00 bits per heavy atom. The highest BCUT2D eigenvalue weighted by Crippen LogP contribution is 2.23. The predicted molar refractivity (Wildman–Crippen MR) is 64.1 cm³/mol. The summed E-state index contributed by atoms with van der Waals surface area (Å²) in [6.07, 6.45) is 0.534.